The lowest BCUT2D eigenvalue weighted by molar-refractivity contribution is -0.137. The largest absolute Gasteiger partial charge is 0.439 e. The molecule has 0 aliphatic carbocycles. The number of alkyl halides is 3. The van der Waals surface area contributed by atoms with E-state index in [1.165, 1.54) is 12.3 Å². The van der Waals surface area contributed by atoms with E-state index in [1.54, 1.807) is 6.07 Å². The molecule has 3 nitrogen and oxygen atoms in total. The molecule has 1 aromatic heterocycles. The monoisotopic (exact) mass is 362 g/mol. The molecule has 0 saturated heterocycles. The molecule has 2 rings (SSSR count). The van der Waals surface area contributed by atoms with Crippen LogP contribution in [0, 0.1) is 0 Å². The minimum Gasteiger partial charge on any atom is -0.439 e. The van der Waals surface area contributed by atoms with Crippen molar-refractivity contribution < 1.29 is 17.6 Å². The number of aromatic nitrogens is 1. The summed E-state index contributed by atoms with van der Waals surface area (Å²) in [4.78, 5) is 4.05. The maximum absolute atomic E-state index is 13.1. The van der Waals surface area contributed by atoms with Crippen molar-refractivity contribution in [3.8, 4) is 11.3 Å². The number of hydrogen-bond acceptors (Lipinski definition) is 3. The molecule has 0 fully saturated rings. The number of hydrogen-bond donors (Lipinski definition) is 1. The smallest absolute Gasteiger partial charge is 0.417 e. The minimum atomic E-state index is -4.46. The molecule has 7 heteroatoms. The SMILES string of the molecule is CCNC(C)c1ncc(-c2ccc(Br)cc2C(F)(F)F)o1. The molecule has 1 N–H and O–H groups in total. The molecular weight excluding hydrogens is 349 g/mol. The first kappa shape index (κ1) is 16.0. The molecule has 1 unspecified atom stereocenters. The van der Waals surface area contributed by atoms with Crippen molar-refractivity contribution in [2.24, 2.45) is 0 Å². The van der Waals surface area contributed by atoms with Gasteiger partial charge in [0.15, 0.2) is 5.76 Å². The molecule has 0 spiro atoms. The van der Waals surface area contributed by atoms with Crippen LogP contribution in [0.4, 0.5) is 13.2 Å². The van der Waals surface area contributed by atoms with E-state index < -0.39 is 11.7 Å². The first-order chi connectivity index (χ1) is 9.82. The van der Waals surface area contributed by atoms with E-state index in [2.05, 4.69) is 26.2 Å². The molecular formula is C14H14BrF3N2O. The van der Waals surface area contributed by atoms with Crippen LogP contribution >= 0.6 is 15.9 Å². The first-order valence-electron chi connectivity index (χ1n) is 6.39. The molecule has 2 aromatic rings. The predicted octanol–water partition coefficient (Wildman–Crippen LogP) is 4.79. The molecule has 0 aliphatic heterocycles. The fraction of sp³-hybridized carbons (Fsp3) is 0.357. The summed E-state index contributed by atoms with van der Waals surface area (Å²) in [5.41, 5.74) is -0.774. The van der Waals surface area contributed by atoms with E-state index >= 15 is 0 Å². The van der Waals surface area contributed by atoms with Crippen molar-refractivity contribution in [3.05, 3.63) is 40.3 Å². The third kappa shape index (κ3) is 3.65. The van der Waals surface area contributed by atoms with E-state index in [0.717, 1.165) is 6.07 Å². The van der Waals surface area contributed by atoms with Crippen LogP contribution in [0.15, 0.2) is 33.3 Å². The number of benzene rings is 1. The second-order valence-corrected chi connectivity index (χ2v) is 5.45. The highest BCUT2D eigenvalue weighted by Crippen LogP contribution is 2.39. The van der Waals surface area contributed by atoms with Crippen molar-refractivity contribution in [3.63, 3.8) is 0 Å². The van der Waals surface area contributed by atoms with E-state index in [-0.39, 0.29) is 17.4 Å². The highest BCUT2D eigenvalue weighted by molar-refractivity contribution is 9.10. The Morgan fingerprint density at radius 2 is 2.10 bits per heavy atom. The van der Waals surface area contributed by atoms with E-state index in [4.69, 9.17) is 4.42 Å². The topological polar surface area (TPSA) is 38.1 Å². The predicted molar refractivity (Wildman–Crippen MR) is 76.7 cm³/mol. The van der Waals surface area contributed by atoms with E-state index in [1.807, 2.05) is 13.8 Å². The summed E-state index contributed by atoms with van der Waals surface area (Å²) >= 11 is 3.05. The third-order valence-electron chi connectivity index (χ3n) is 2.96. The Labute approximate surface area is 128 Å². The molecule has 0 aliphatic rings. The van der Waals surface area contributed by atoms with Gasteiger partial charge in [-0.25, -0.2) is 4.98 Å². The van der Waals surface area contributed by atoms with Crippen LogP contribution in [-0.4, -0.2) is 11.5 Å². The number of nitrogens with zero attached hydrogens (tertiary/aromatic N) is 1. The average Bonchev–Trinajstić information content (AvgIpc) is 2.87. The fourth-order valence-electron chi connectivity index (χ4n) is 1.97. The van der Waals surface area contributed by atoms with Gasteiger partial charge in [0.25, 0.3) is 0 Å². The van der Waals surface area contributed by atoms with Crippen molar-refractivity contribution in [1.29, 1.82) is 0 Å². The summed E-state index contributed by atoms with van der Waals surface area (Å²) in [7, 11) is 0. The van der Waals surface area contributed by atoms with Crippen LogP contribution in [0.3, 0.4) is 0 Å². The summed E-state index contributed by atoms with van der Waals surface area (Å²) in [6.45, 7) is 4.48. The average molecular weight is 363 g/mol. The summed E-state index contributed by atoms with van der Waals surface area (Å²) < 4.78 is 45.1. The number of rotatable bonds is 4. The Hall–Kier alpha value is -1.34. The minimum absolute atomic E-state index is 0.0202. The van der Waals surface area contributed by atoms with Gasteiger partial charge in [-0.1, -0.05) is 22.9 Å². The van der Waals surface area contributed by atoms with Crippen molar-refractivity contribution in [1.82, 2.24) is 10.3 Å². The molecule has 0 radical (unpaired) electrons. The van der Waals surface area contributed by atoms with Crippen LogP contribution in [0.1, 0.15) is 31.3 Å². The summed E-state index contributed by atoms with van der Waals surface area (Å²) in [5.74, 6) is 0.470. The van der Waals surface area contributed by atoms with Gasteiger partial charge in [-0.15, -0.1) is 0 Å². The van der Waals surface area contributed by atoms with Crippen LogP contribution in [0.25, 0.3) is 11.3 Å². The molecule has 0 saturated carbocycles. The number of nitrogens with one attached hydrogen (secondary N) is 1. The standard InChI is InChI=1S/C14H14BrF3N2O/c1-3-19-8(2)13-20-7-12(21-13)10-5-4-9(15)6-11(10)14(16,17)18/h4-8,19H,3H2,1-2H3. The second-order valence-electron chi connectivity index (χ2n) is 4.53. The van der Waals surface area contributed by atoms with E-state index in [0.29, 0.717) is 16.9 Å². The Balaban J connectivity index is 2.43. The van der Waals surface area contributed by atoms with Crippen molar-refractivity contribution in [2.45, 2.75) is 26.1 Å². The highest BCUT2D eigenvalue weighted by atomic mass is 79.9. The molecule has 114 valence electrons. The maximum atomic E-state index is 13.1. The number of halogens is 4. The molecule has 0 amide bonds. The summed E-state index contributed by atoms with van der Waals surface area (Å²) in [6.07, 6.45) is -3.14. The maximum Gasteiger partial charge on any atom is 0.417 e. The van der Waals surface area contributed by atoms with Gasteiger partial charge in [0, 0.05) is 10.0 Å². The van der Waals surface area contributed by atoms with Crippen LogP contribution < -0.4 is 5.32 Å². The highest BCUT2D eigenvalue weighted by Gasteiger charge is 2.35. The Kier molecular flexibility index (Phi) is 4.73. The Morgan fingerprint density at radius 3 is 2.71 bits per heavy atom. The van der Waals surface area contributed by atoms with Gasteiger partial charge in [-0.3, -0.25) is 0 Å². The van der Waals surface area contributed by atoms with Gasteiger partial charge < -0.3 is 9.73 Å². The van der Waals surface area contributed by atoms with Crippen molar-refractivity contribution in [2.75, 3.05) is 6.54 Å². The zero-order valence-corrected chi connectivity index (χ0v) is 13.0. The second kappa shape index (κ2) is 6.19. The van der Waals surface area contributed by atoms with Crippen LogP contribution in [0.5, 0.6) is 0 Å². The zero-order valence-electron chi connectivity index (χ0n) is 11.5. The molecule has 0 bridgehead atoms. The van der Waals surface area contributed by atoms with Gasteiger partial charge in [0.05, 0.1) is 17.8 Å². The number of oxazole rings is 1. The van der Waals surface area contributed by atoms with Gasteiger partial charge in [0.1, 0.15) is 0 Å². The third-order valence-corrected chi connectivity index (χ3v) is 3.45. The molecule has 21 heavy (non-hydrogen) atoms. The Bertz CT molecular complexity index is 625. The normalized spacial score (nSPS) is 13.4. The summed E-state index contributed by atoms with van der Waals surface area (Å²) in [6, 6.07) is 3.79. The van der Waals surface area contributed by atoms with Gasteiger partial charge in [-0.05, 0) is 31.7 Å². The van der Waals surface area contributed by atoms with Crippen LogP contribution in [0.2, 0.25) is 0 Å². The van der Waals surface area contributed by atoms with Gasteiger partial charge in [-0.2, -0.15) is 13.2 Å². The molecule has 1 aromatic carbocycles. The Morgan fingerprint density at radius 1 is 1.38 bits per heavy atom. The fourth-order valence-corrected chi connectivity index (χ4v) is 2.33. The zero-order chi connectivity index (χ0) is 15.6. The van der Waals surface area contributed by atoms with Gasteiger partial charge in [0.2, 0.25) is 5.89 Å². The lowest BCUT2D eigenvalue weighted by Crippen LogP contribution is -2.17. The first-order valence-corrected chi connectivity index (χ1v) is 7.18. The lowest BCUT2D eigenvalue weighted by Gasteiger charge is -2.11. The quantitative estimate of drug-likeness (QED) is 0.849. The van der Waals surface area contributed by atoms with Crippen LogP contribution in [-0.2, 0) is 6.18 Å². The summed E-state index contributed by atoms with van der Waals surface area (Å²) in [5, 5.41) is 3.09. The van der Waals surface area contributed by atoms with E-state index in [9.17, 15) is 13.2 Å². The van der Waals surface area contributed by atoms with Crippen molar-refractivity contribution >= 4 is 15.9 Å². The molecule has 1 atom stereocenters. The lowest BCUT2D eigenvalue weighted by atomic mass is 10.1. The van der Waals surface area contributed by atoms with Gasteiger partial charge >= 0.3 is 6.18 Å². The molecule has 1 heterocycles.